The van der Waals surface area contributed by atoms with Gasteiger partial charge in [-0.2, -0.15) is 23.0 Å². The number of carbonyl (C=O) groups excluding carboxylic acids is 2. The van der Waals surface area contributed by atoms with E-state index in [9.17, 15) is 22.8 Å². The van der Waals surface area contributed by atoms with Crippen molar-refractivity contribution in [2.24, 2.45) is 0 Å². The first-order valence-corrected chi connectivity index (χ1v) is 7.71. The highest BCUT2D eigenvalue weighted by atomic mass is 32.1. The Hall–Kier alpha value is -2.36. The number of carbonyl (C=O) groups is 2. The van der Waals surface area contributed by atoms with Gasteiger partial charge in [0.05, 0.1) is 23.8 Å². The van der Waals surface area contributed by atoms with Crippen LogP contribution in [0.3, 0.4) is 0 Å². The number of hydrogen-bond acceptors (Lipinski definition) is 6. The van der Waals surface area contributed by atoms with Crippen molar-refractivity contribution in [3.63, 3.8) is 0 Å². The molecule has 0 N–H and O–H groups in total. The van der Waals surface area contributed by atoms with Gasteiger partial charge in [0.1, 0.15) is 4.88 Å². The fourth-order valence-electron chi connectivity index (χ4n) is 1.81. The van der Waals surface area contributed by atoms with Crippen LogP contribution in [-0.4, -0.2) is 35.1 Å². The Morgan fingerprint density at radius 3 is 2.46 bits per heavy atom. The second-order valence-corrected chi connectivity index (χ2v) is 5.49. The van der Waals surface area contributed by atoms with Crippen LogP contribution in [0.2, 0.25) is 0 Å². The second kappa shape index (κ2) is 7.04. The van der Waals surface area contributed by atoms with Crippen molar-refractivity contribution < 1.29 is 32.2 Å². The Morgan fingerprint density at radius 2 is 1.88 bits per heavy atom. The Labute approximate surface area is 138 Å². The Bertz CT molecular complexity index is 752. The van der Waals surface area contributed by atoms with Crippen LogP contribution in [0.15, 0.2) is 18.2 Å². The molecule has 2 aromatic rings. The molecule has 0 radical (unpaired) electrons. The van der Waals surface area contributed by atoms with Gasteiger partial charge in [-0.15, -0.1) is 11.3 Å². The molecule has 10 heteroatoms. The number of rotatable bonds is 4. The average Bonchev–Trinajstić information content (AvgIpc) is 3.14. The van der Waals surface area contributed by atoms with Crippen molar-refractivity contribution in [3.05, 3.63) is 28.8 Å². The highest BCUT2D eigenvalue weighted by Gasteiger charge is 2.36. The lowest BCUT2D eigenvalue weighted by Gasteiger charge is -2.04. The van der Waals surface area contributed by atoms with E-state index >= 15 is 0 Å². The van der Waals surface area contributed by atoms with Crippen molar-refractivity contribution in [3.8, 4) is 10.6 Å². The maximum absolute atomic E-state index is 12.9. The lowest BCUT2D eigenvalue weighted by atomic mass is 10.3. The molecule has 2 aromatic heterocycles. The molecule has 2 rings (SSSR count). The molecule has 0 spiro atoms. The number of ether oxygens (including phenoxy) is 2. The van der Waals surface area contributed by atoms with Crippen molar-refractivity contribution in [1.29, 1.82) is 0 Å². The van der Waals surface area contributed by atoms with Gasteiger partial charge < -0.3 is 9.47 Å². The molecular formula is C14H13F3N2O4S. The molecule has 0 aromatic carbocycles. The lowest BCUT2D eigenvalue weighted by Crippen LogP contribution is -2.17. The maximum atomic E-state index is 12.9. The SMILES string of the molecule is CCOC(=O)c1ccc(-c2cc(C(F)(F)F)nn2C(=O)OCC)s1. The quantitative estimate of drug-likeness (QED) is 0.774. The van der Waals surface area contributed by atoms with Gasteiger partial charge in [-0.1, -0.05) is 0 Å². The normalized spacial score (nSPS) is 11.4. The maximum Gasteiger partial charge on any atom is 0.435 e. The van der Waals surface area contributed by atoms with Gasteiger partial charge in [0.25, 0.3) is 0 Å². The van der Waals surface area contributed by atoms with Crippen molar-refractivity contribution in [1.82, 2.24) is 9.78 Å². The third-order valence-corrected chi connectivity index (χ3v) is 3.86. The molecule has 0 bridgehead atoms. The van der Waals surface area contributed by atoms with Crippen LogP contribution in [0.25, 0.3) is 10.6 Å². The van der Waals surface area contributed by atoms with E-state index in [4.69, 9.17) is 9.47 Å². The monoisotopic (exact) mass is 362 g/mol. The van der Waals surface area contributed by atoms with Crippen LogP contribution < -0.4 is 0 Å². The molecule has 0 saturated carbocycles. The molecular weight excluding hydrogens is 349 g/mol. The van der Waals surface area contributed by atoms with E-state index in [1.54, 1.807) is 6.92 Å². The van der Waals surface area contributed by atoms with Gasteiger partial charge >= 0.3 is 18.2 Å². The lowest BCUT2D eigenvalue weighted by molar-refractivity contribution is -0.141. The fourth-order valence-corrected chi connectivity index (χ4v) is 2.71. The molecule has 6 nitrogen and oxygen atoms in total. The van der Waals surface area contributed by atoms with Crippen LogP contribution in [0.1, 0.15) is 29.2 Å². The number of nitrogens with zero attached hydrogens (tertiary/aromatic N) is 2. The number of alkyl halides is 3. The highest BCUT2D eigenvalue weighted by molar-refractivity contribution is 7.17. The summed E-state index contributed by atoms with van der Waals surface area (Å²) < 4.78 is 48.7. The summed E-state index contributed by atoms with van der Waals surface area (Å²) in [6, 6.07) is 3.56. The van der Waals surface area contributed by atoms with E-state index < -0.39 is 23.9 Å². The largest absolute Gasteiger partial charge is 0.462 e. The third kappa shape index (κ3) is 3.75. The van der Waals surface area contributed by atoms with Crippen molar-refractivity contribution in [2.75, 3.05) is 13.2 Å². The van der Waals surface area contributed by atoms with E-state index in [0.717, 1.165) is 17.4 Å². The Kier molecular flexibility index (Phi) is 5.27. The summed E-state index contributed by atoms with van der Waals surface area (Å²) in [5.74, 6) is -0.591. The standard InChI is InChI=1S/C14H13F3N2O4S/c1-3-22-12(20)10-6-5-9(24-10)8-7-11(14(15,16)17)18-19(8)13(21)23-4-2/h5-7H,3-4H2,1-2H3. The molecule has 0 saturated heterocycles. The van der Waals surface area contributed by atoms with Crippen LogP contribution in [-0.2, 0) is 15.7 Å². The van der Waals surface area contributed by atoms with Crippen molar-refractivity contribution in [2.45, 2.75) is 20.0 Å². The first kappa shape index (κ1) is 18.0. The average molecular weight is 362 g/mol. The molecule has 130 valence electrons. The summed E-state index contributed by atoms with van der Waals surface area (Å²) in [6.45, 7) is 3.32. The molecule has 2 heterocycles. The van der Waals surface area contributed by atoms with E-state index in [-0.39, 0.29) is 28.7 Å². The number of halogens is 3. The zero-order valence-electron chi connectivity index (χ0n) is 12.7. The van der Waals surface area contributed by atoms with E-state index in [1.807, 2.05) is 0 Å². The smallest absolute Gasteiger partial charge is 0.435 e. The van der Waals surface area contributed by atoms with Crippen LogP contribution in [0, 0.1) is 0 Å². The van der Waals surface area contributed by atoms with Crippen LogP contribution in [0.5, 0.6) is 0 Å². The van der Waals surface area contributed by atoms with E-state index in [0.29, 0.717) is 4.68 Å². The number of aromatic nitrogens is 2. The first-order chi connectivity index (χ1) is 11.3. The van der Waals surface area contributed by atoms with Crippen LogP contribution in [0.4, 0.5) is 18.0 Å². The minimum atomic E-state index is -4.71. The minimum Gasteiger partial charge on any atom is -0.462 e. The summed E-state index contributed by atoms with van der Waals surface area (Å²) in [6.07, 6.45) is -5.75. The number of hydrogen-bond donors (Lipinski definition) is 0. The summed E-state index contributed by atoms with van der Waals surface area (Å²) in [4.78, 5) is 24.0. The Morgan fingerprint density at radius 1 is 1.21 bits per heavy atom. The second-order valence-electron chi connectivity index (χ2n) is 4.41. The number of thiophene rings is 1. The first-order valence-electron chi connectivity index (χ1n) is 6.89. The molecule has 24 heavy (non-hydrogen) atoms. The minimum absolute atomic E-state index is 0.0159. The molecule has 0 aliphatic carbocycles. The zero-order chi connectivity index (χ0) is 17.9. The van der Waals surface area contributed by atoms with Gasteiger partial charge in [0.15, 0.2) is 5.69 Å². The van der Waals surface area contributed by atoms with Gasteiger partial charge in [-0.3, -0.25) is 0 Å². The molecule has 0 atom stereocenters. The summed E-state index contributed by atoms with van der Waals surface area (Å²) in [7, 11) is 0. The topological polar surface area (TPSA) is 70.4 Å². The summed E-state index contributed by atoms with van der Waals surface area (Å²) in [5.41, 5.74) is -1.34. The van der Waals surface area contributed by atoms with E-state index in [2.05, 4.69) is 5.10 Å². The molecule has 0 aliphatic rings. The molecule has 0 unspecified atom stereocenters. The van der Waals surface area contributed by atoms with Gasteiger partial charge in [0, 0.05) is 0 Å². The Balaban J connectivity index is 2.46. The van der Waals surface area contributed by atoms with Gasteiger partial charge in [0.2, 0.25) is 0 Å². The summed E-state index contributed by atoms with van der Waals surface area (Å²) in [5, 5.41) is 3.27. The summed E-state index contributed by atoms with van der Waals surface area (Å²) >= 11 is 0.897. The fraction of sp³-hybridized carbons (Fsp3) is 0.357. The predicted molar refractivity (Wildman–Crippen MR) is 78.9 cm³/mol. The van der Waals surface area contributed by atoms with E-state index in [1.165, 1.54) is 19.1 Å². The van der Waals surface area contributed by atoms with Gasteiger partial charge in [-0.25, -0.2) is 9.59 Å². The number of esters is 1. The van der Waals surface area contributed by atoms with Gasteiger partial charge in [-0.05, 0) is 32.0 Å². The predicted octanol–water partition coefficient (Wildman–Crippen LogP) is 3.81. The van der Waals surface area contributed by atoms with Crippen molar-refractivity contribution >= 4 is 23.4 Å². The molecule has 0 fully saturated rings. The zero-order valence-corrected chi connectivity index (χ0v) is 13.5. The molecule has 0 aliphatic heterocycles. The third-order valence-electron chi connectivity index (χ3n) is 2.78. The highest BCUT2D eigenvalue weighted by Crippen LogP contribution is 2.34. The molecule has 0 amide bonds. The van der Waals surface area contributed by atoms with Crippen LogP contribution >= 0.6 is 11.3 Å².